The van der Waals surface area contributed by atoms with Gasteiger partial charge in [0.05, 0.1) is 34.1 Å². The van der Waals surface area contributed by atoms with Crippen LogP contribution in [0.3, 0.4) is 0 Å². The molecular formula is C31H39NO4Si. The lowest BCUT2D eigenvalue weighted by Crippen LogP contribution is -2.49. The number of hydrogen-bond donors (Lipinski definition) is 0. The summed E-state index contributed by atoms with van der Waals surface area (Å²) in [5.74, 6) is -0.497. The average Bonchev–Trinajstić information content (AvgIpc) is 3.27. The molecule has 5 nitrogen and oxygen atoms in total. The molecule has 5 rings (SSSR count). The molecule has 0 radical (unpaired) electrons. The van der Waals surface area contributed by atoms with Crippen LogP contribution in [0.4, 0.5) is 5.69 Å². The van der Waals surface area contributed by atoms with Crippen LogP contribution in [0.15, 0.2) is 42.5 Å². The van der Waals surface area contributed by atoms with Crippen molar-refractivity contribution in [3.63, 3.8) is 0 Å². The summed E-state index contributed by atoms with van der Waals surface area (Å²) in [7, 11) is -2.00. The van der Waals surface area contributed by atoms with E-state index in [2.05, 4.69) is 66.7 Å². The first-order chi connectivity index (χ1) is 17.4. The van der Waals surface area contributed by atoms with Crippen molar-refractivity contribution in [3.05, 3.63) is 70.3 Å². The van der Waals surface area contributed by atoms with Crippen LogP contribution in [-0.2, 0) is 9.16 Å². The van der Waals surface area contributed by atoms with Crippen molar-refractivity contribution in [2.75, 3.05) is 4.90 Å². The summed E-state index contributed by atoms with van der Waals surface area (Å²) in [6, 6.07) is 14.4. The highest BCUT2D eigenvalue weighted by Crippen LogP contribution is 2.58. The number of benzene rings is 2. The minimum absolute atomic E-state index is 0.0314. The summed E-state index contributed by atoms with van der Waals surface area (Å²) in [5, 5.41) is 0. The molecule has 3 aliphatic rings. The van der Waals surface area contributed by atoms with E-state index in [0.29, 0.717) is 16.8 Å². The normalized spacial score (nSPS) is 23.6. The average molecular weight is 518 g/mol. The molecule has 6 heteroatoms. The molecule has 1 aliphatic carbocycles. The standard InChI is InChI=1S/C31H39NO4Si/c1-9-37(10-2,11-3)35-27-23-17-25(32-28(33)20-14-12-13-15-21(20)29(32)34)19(4)16-22(23)24-18-30(5,6)36-31(7,8)26(24)27/h12-18,26-27H,9-11H2,1-8H3/t26-,27-/m1/s1. The molecule has 0 spiro atoms. The van der Waals surface area contributed by atoms with Crippen molar-refractivity contribution in [2.45, 2.75) is 90.8 Å². The Bertz CT molecular complexity index is 1280. The van der Waals surface area contributed by atoms with E-state index in [4.69, 9.17) is 9.16 Å². The molecule has 196 valence electrons. The van der Waals surface area contributed by atoms with Gasteiger partial charge in [0.1, 0.15) is 0 Å². The Morgan fingerprint density at radius 2 is 1.49 bits per heavy atom. The number of rotatable bonds is 6. The second-order valence-corrected chi connectivity index (χ2v) is 16.6. The summed E-state index contributed by atoms with van der Waals surface area (Å²) < 4.78 is 13.9. The smallest absolute Gasteiger partial charge is 0.266 e. The molecule has 2 aromatic carbocycles. The number of amides is 2. The fourth-order valence-electron chi connectivity index (χ4n) is 6.81. The van der Waals surface area contributed by atoms with E-state index in [1.807, 2.05) is 6.92 Å². The molecular weight excluding hydrogens is 478 g/mol. The second-order valence-electron chi connectivity index (χ2n) is 11.9. The molecule has 0 unspecified atom stereocenters. The SMILES string of the molecule is CC[Si](CC)(CC)O[C@@H]1c2cc(N3C(=O)c4ccccc4C3=O)c(C)cc2C2=CC(C)(C)OC(C)(C)[C@H]21. The van der Waals surface area contributed by atoms with Gasteiger partial charge >= 0.3 is 0 Å². The highest BCUT2D eigenvalue weighted by atomic mass is 28.4. The maximum atomic E-state index is 13.4. The topological polar surface area (TPSA) is 55.8 Å². The quantitative estimate of drug-likeness (QED) is 0.295. The molecule has 37 heavy (non-hydrogen) atoms. The molecule has 2 atom stereocenters. The molecule has 2 amide bonds. The Morgan fingerprint density at radius 3 is 2.03 bits per heavy atom. The number of ether oxygens (including phenoxy) is 1. The monoisotopic (exact) mass is 517 g/mol. The number of anilines is 1. The van der Waals surface area contributed by atoms with Gasteiger partial charge in [0, 0.05) is 5.92 Å². The fraction of sp³-hybridized carbons (Fsp3) is 0.484. The lowest BCUT2D eigenvalue weighted by molar-refractivity contribution is -0.141. The third-order valence-electron chi connectivity index (χ3n) is 8.75. The van der Waals surface area contributed by atoms with Gasteiger partial charge in [-0.3, -0.25) is 9.59 Å². The van der Waals surface area contributed by atoms with Gasteiger partial charge in [-0.15, -0.1) is 0 Å². The Morgan fingerprint density at radius 1 is 0.919 bits per heavy atom. The van der Waals surface area contributed by atoms with E-state index in [0.717, 1.165) is 34.8 Å². The van der Waals surface area contributed by atoms with Crippen LogP contribution in [0.25, 0.3) is 5.57 Å². The van der Waals surface area contributed by atoms with Gasteiger partial charge in [0.15, 0.2) is 8.32 Å². The lowest BCUT2D eigenvalue weighted by atomic mass is 9.78. The van der Waals surface area contributed by atoms with Gasteiger partial charge in [-0.05, 0) is 105 Å². The molecule has 2 aromatic rings. The van der Waals surface area contributed by atoms with Gasteiger partial charge < -0.3 is 9.16 Å². The summed E-state index contributed by atoms with van der Waals surface area (Å²) in [4.78, 5) is 28.1. The Labute approximate surface area is 222 Å². The van der Waals surface area contributed by atoms with Crippen molar-refractivity contribution in [3.8, 4) is 0 Å². The van der Waals surface area contributed by atoms with E-state index in [-0.39, 0.29) is 23.8 Å². The Balaban J connectivity index is 1.70. The molecule has 0 fully saturated rings. The predicted octanol–water partition coefficient (Wildman–Crippen LogP) is 7.46. The molecule has 0 bridgehead atoms. The third kappa shape index (κ3) is 3.96. The second kappa shape index (κ2) is 8.75. The minimum atomic E-state index is -2.00. The maximum Gasteiger partial charge on any atom is 0.266 e. The van der Waals surface area contributed by atoms with Crippen molar-refractivity contribution >= 4 is 31.4 Å². The number of carbonyl (C=O) groups excluding carboxylic acids is 2. The zero-order chi connectivity index (χ0) is 26.9. The van der Waals surface area contributed by atoms with Crippen LogP contribution in [0.1, 0.15) is 92.0 Å². The van der Waals surface area contributed by atoms with E-state index in [1.54, 1.807) is 24.3 Å². The van der Waals surface area contributed by atoms with E-state index < -0.39 is 19.5 Å². The summed E-state index contributed by atoms with van der Waals surface area (Å²) in [6.45, 7) is 17.3. The first kappa shape index (κ1) is 26.1. The zero-order valence-corrected chi connectivity index (χ0v) is 24.4. The van der Waals surface area contributed by atoms with Crippen LogP contribution in [0.5, 0.6) is 0 Å². The molecule has 0 N–H and O–H groups in total. The van der Waals surface area contributed by atoms with Crippen LogP contribution in [0, 0.1) is 12.8 Å². The summed E-state index contributed by atoms with van der Waals surface area (Å²) in [5.41, 5.74) is 5.09. The van der Waals surface area contributed by atoms with Gasteiger partial charge in [0.2, 0.25) is 0 Å². The Kier molecular flexibility index (Phi) is 6.17. The first-order valence-corrected chi connectivity index (χ1v) is 16.1. The van der Waals surface area contributed by atoms with Gasteiger partial charge in [-0.25, -0.2) is 4.90 Å². The van der Waals surface area contributed by atoms with Crippen LogP contribution < -0.4 is 4.90 Å². The van der Waals surface area contributed by atoms with Crippen molar-refractivity contribution in [2.24, 2.45) is 5.92 Å². The number of aryl methyl sites for hydroxylation is 1. The first-order valence-electron chi connectivity index (χ1n) is 13.6. The van der Waals surface area contributed by atoms with Crippen LogP contribution >= 0.6 is 0 Å². The van der Waals surface area contributed by atoms with Crippen molar-refractivity contribution in [1.29, 1.82) is 0 Å². The number of nitrogens with zero attached hydrogens (tertiary/aromatic N) is 1. The molecule has 2 heterocycles. The third-order valence-corrected chi connectivity index (χ3v) is 13.4. The van der Waals surface area contributed by atoms with E-state index in [1.165, 1.54) is 10.5 Å². The van der Waals surface area contributed by atoms with Gasteiger partial charge in [0.25, 0.3) is 11.8 Å². The fourth-order valence-corrected chi connectivity index (χ4v) is 9.61. The minimum Gasteiger partial charge on any atom is -0.409 e. The molecule has 0 saturated carbocycles. The molecule has 0 aromatic heterocycles. The van der Waals surface area contributed by atoms with Crippen molar-refractivity contribution < 1.29 is 18.8 Å². The van der Waals surface area contributed by atoms with Crippen LogP contribution in [-0.4, -0.2) is 31.3 Å². The number of hydrogen-bond acceptors (Lipinski definition) is 4. The Hall–Kier alpha value is -2.54. The molecule has 0 saturated heterocycles. The summed E-state index contributed by atoms with van der Waals surface area (Å²) in [6.07, 6.45) is 2.06. The number of carbonyl (C=O) groups is 2. The van der Waals surface area contributed by atoms with Gasteiger partial charge in [-0.2, -0.15) is 0 Å². The number of imide groups is 1. The maximum absolute atomic E-state index is 13.4. The largest absolute Gasteiger partial charge is 0.409 e. The highest BCUT2D eigenvalue weighted by Gasteiger charge is 2.53. The molecule has 2 aliphatic heterocycles. The van der Waals surface area contributed by atoms with Crippen molar-refractivity contribution in [1.82, 2.24) is 0 Å². The predicted molar refractivity (Wildman–Crippen MR) is 150 cm³/mol. The van der Waals surface area contributed by atoms with E-state index >= 15 is 0 Å². The van der Waals surface area contributed by atoms with Gasteiger partial charge in [-0.1, -0.05) is 32.9 Å². The number of fused-ring (bicyclic) bond motifs is 4. The zero-order valence-electron chi connectivity index (χ0n) is 23.4. The highest BCUT2D eigenvalue weighted by molar-refractivity contribution is 6.73. The van der Waals surface area contributed by atoms with Crippen LogP contribution in [0.2, 0.25) is 18.1 Å². The summed E-state index contributed by atoms with van der Waals surface area (Å²) >= 11 is 0. The lowest BCUT2D eigenvalue weighted by Gasteiger charge is -2.47. The van der Waals surface area contributed by atoms with E-state index in [9.17, 15) is 9.59 Å².